The molecular weight excluding hydrogens is 453 g/mol. The summed E-state index contributed by atoms with van der Waals surface area (Å²) in [6, 6.07) is 22.7. The SMILES string of the molecule is CC(Sc1nnc2n(Cc3ccccc3)c(=O)c3ccccc3n12)C(=O)Nc1cccc(F)c1. The first kappa shape index (κ1) is 21.8. The lowest BCUT2D eigenvalue weighted by Crippen LogP contribution is -2.24. The Kier molecular flexibility index (Phi) is 5.85. The maximum Gasteiger partial charge on any atom is 0.263 e. The van der Waals surface area contributed by atoms with Crippen molar-refractivity contribution in [3.05, 3.63) is 101 Å². The average molecular weight is 474 g/mol. The van der Waals surface area contributed by atoms with Gasteiger partial charge in [-0.3, -0.25) is 18.6 Å². The number of hydrogen-bond donors (Lipinski definition) is 1. The number of carbonyl (C=O) groups is 1. The molecule has 1 unspecified atom stereocenters. The predicted octanol–water partition coefficient (Wildman–Crippen LogP) is 4.35. The van der Waals surface area contributed by atoms with Crippen LogP contribution in [0.5, 0.6) is 0 Å². The van der Waals surface area contributed by atoms with Crippen molar-refractivity contribution < 1.29 is 9.18 Å². The largest absolute Gasteiger partial charge is 0.325 e. The molecule has 1 atom stereocenters. The van der Waals surface area contributed by atoms with Gasteiger partial charge in [0.25, 0.3) is 5.56 Å². The van der Waals surface area contributed by atoms with Crippen molar-refractivity contribution in [2.45, 2.75) is 23.9 Å². The van der Waals surface area contributed by atoms with Crippen molar-refractivity contribution in [3.8, 4) is 0 Å². The second kappa shape index (κ2) is 9.11. The van der Waals surface area contributed by atoms with Crippen LogP contribution in [-0.2, 0) is 11.3 Å². The van der Waals surface area contributed by atoms with Gasteiger partial charge in [-0.2, -0.15) is 0 Å². The number of amides is 1. The summed E-state index contributed by atoms with van der Waals surface area (Å²) in [6.07, 6.45) is 0. The van der Waals surface area contributed by atoms with E-state index >= 15 is 0 Å². The quantitative estimate of drug-likeness (QED) is 0.371. The highest BCUT2D eigenvalue weighted by atomic mass is 32.2. The third kappa shape index (κ3) is 4.17. The molecule has 9 heteroatoms. The van der Waals surface area contributed by atoms with Crippen LogP contribution < -0.4 is 10.9 Å². The van der Waals surface area contributed by atoms with Gasteiger partial charge in [-0.1, -0.05) is 60.3 Å². The Morgan fingerprint density at radius 3 is 2.59 bits per heavy atom. The Balaban J connectivity index is 1.53. The van der Waals surface area contributed by atoms with E-state index in [9.17, 15) is 14.0 Å². The second-order valence-electron chi connectivity index (χ2n) is 7.77. The summed E-state index contributed by atoms with van der Waals surface area (Å²) in [5, 5.41) is 11.8. The number of benzene rings is 3. The average Bonchev–Trinajstić information content (AvgIpc) is 3.26. The minimum atomic E-state index is -0.552. The molecule has 5 aromatic rings. The van der Waals surface area contributed by atoms with Gasteiger partial charge in [-0.15, -0.1) is 10.2 Å². The van der Waals surface area contributed by atoms with Crippen LogP contribution in [0.25, 0.3) is 16.7 Å². The van der Waals surface area contributed by atoms with Gasteiger partial charge < -0.3 is 5.32 Å². The van der Waals surface area contributed by atoms with Crippen molar-refractivity contribution in [1.82, 2.24) is 19.2 Å². The maximum absolute atomic E-state index is 13.5. The third-order valence-corrected chi connectivity index (χ3v) is 6.45. The molecule has 5 rings (SSSR count). The number of para-hydroxylation sites is 1. The molecule has 34 heavy (non-hydrogen) atoms. The molecular formula is C25H20FN5O2S. The topological polar surface area (TPSA) is 81.3 Å². The Morgan fingerprint density at radius 1 is 1.03 bits per heavy atom. The monoisotopic (exact) mass is 473 g/mol. The highest BCUT2D eigenvalue weighted by Crippen LogP contribution is 2.26. The fourth-order valence-electron chi connectivity index (χ4n) is 3.74. The van der Waals surface area contributed by atoms with Crippen molar-refractivity contribution >= 4 is 40.0 Å². The number of anilines is 1. The van der Waals surface area contributed by atoms with E-state index in [-0.39, 0.29) is 11.5 Å². The first-order chi connectivity index (χ1) is 16.5. The molecule has 170 valence electrons. The molecule has 0 aliphatic heterocycles. The van der Waals surface area contributed by atoms with E-state index in [4.69, 9.17) is 0 Å². The molecule has 0 fully saturated rings. The lowest BCUT2D eigenvalue weighted by molar-refractivity contribution is -0.115. The van der Waals surface area contributed by atoms with Crippen LogP contribution in [0.4, 0.5) is 10.1 Å². The summed E-state index contributed by atoms with van der Waals surface area (Å²) in [7, 11) is 0. The fraction of sp³-hybridized carbons (Fsp3) is 0.120. The number of nitrogens with one attached hydrogen (secondary N) is 1. The minimum Gasteiger partial charge on any atom is -0.325 e. The van der Waals surface area contributed by atoms with Gasteiger partial charge in [0.05, 0.1) is 22.7 Å². The summed E-state index contributed by atoms with van der Waals surface area (Å²) in [6.45, 7) is 2.08. The molecule has 7 nitrogen and oxygen atoms in total. The molecule has 0 radical (unpaired) electrons. The molecule has 0 saturated carbocycles. The minimum absolute atomic E-state index is 0.159. The van der Waals surface area contributed by atoms with Crippen LogP contribution in [0, 0.1) is 5.82 Å². The van der Waals surface area contributed by atoms with Gasteiger partial charge in [-0.05, 0) is 42.8 Å². The number of hydrogen-bond acceptors (Lipinski definition) is 5. The first-order valence-electron chi connectivity index (χ1n) is 10.6. The van der Waals surface area contributed by atoms with Crippen molar-refractivity contribution in [1.29, 1.82) is 0 Å². The molecule has 1 amide bonds. The number of halogens is 1. The van der Waals surface area contributed by atoms with E-state index in [1.807, 2.05) is 48.5 Å². The molecule has 2 heterocycles. The van der Waals surface area contributed by atoms with E-state index < -0.39 is 11.1 Å². The van der Waals surface area contributed by atoms with Gasteiger partial charge in [0.15, 0.2) is 5.16 Å². The second-order valence-corrected chi connectivity index (χ2v) is 9.08. The normalized spacial score (nSPS) is 12.2. The zero-order valence-corrected chi connectivity index (χ0v) is 19.0. The number of nitrogens with zero attached hydrogens (tertiary/aromatic N) is 4. The summed E-state index contributed by atoms with van der Waals surface area (Å²) >= 11 is 1.22. The smallest absolute Gasteiger partial charge is 0.263 e. The summed E-state index contributed by atoms with van der Waals surface area (Å²) in [4.78, 5) is 26.0. The first-order valence-corrected chi connectivity index (χ1v) is 11.5. The molecule has 0 bridgehead atoms. The summed E-state index contributed by atoms with van der Waals surface area (Å²) in [5.74, 6) is -0.327. The highest BCUT2D eigenvalue weighted by Gasteiger charge is 2.22. The molecule has 0 saturated heterocycles. The molecule has 0 aliphatic rings. The van der Waals surface area contributed by atoms with E-state index in [2.05, 4.69) is 15.5 Å². The third-order valence-electron chi connectivity index (χ3n) is 5.41. The zero-order valence-electron chi connectivity index (χ0n) is 18.2. The van der Waals surface area contributed by atoms with E-state index in [1.165, 1.54) is 30.0 Å². The molecule has 3 aromatic carbocycles. The van der Waals surface area contributed by atoms with Crippen LogP contribution in [0.15, 0.2) is 88.8 Å². The van der Waals surface area contributed by atoms with Gasteiger partial charge >= 0.3 is 0 Å². The van der Waals surface area contributed by atoms with E-state index in [0.29, 0.717) is 34.1 Å². The number of rotatable bonds is 6. The molecule has 0 aliphatic carbocycles. The summed E-state index contributed by atoms with van der Waals surface area (Å²) in [5.41, 5.74) is 1.84. The van der Waals surface area contributed by atoms with Crippen LogP contribution in [-0.4, -0.2) is 30.3 Å². The van der Waals surface area contributed by atoms with Crippen LogP contribution in [0.1, 0.15) is 12.5 Å². The highest BCUT2D eigenvalue weighted by molar-refractivity contribution is 8.00. The van der Waals surface area contributed by atoms with Gasteiger partial charge in [-0.25, -0.2) is 4.39 Å². The Morgan fingerprint density at radius 2 is 1.79 bits per heavy atom. The van der Waals surface area contributed by atoms with Crippen molar-refractivity contribution in [3.63, 3.8) is 0 Å². The Hall–Kier alpha value is -3.98. The van der Waals surface area contributed by atoms with E-state index in [1.54, 1.807) is 28.0 Å². The molecule has 0 spiro atoms. The van der Waals surface area contributed by atoms with Crippen molar-refractivity contribution in [2.24, 2.45) is 0 Å². The number of aromatic nitrogens is 4. The summed E-state index contributed by atoms with van der Waals surface area (Å²) < 4.78 is 16.9. The lowest BCUT2D eigenvalue weighted by atomic mass is 10.2. The van der Waals surface area contributed by atoms with Gasteiger partial charge in [0, 0.05) is 5.69 Å². The van der Waals surface area contributed by atoms with Gasteiger partial charge in [0.1, 0.15) is 5.82 Å². The standard InChI is InChI=1S/C25H20FN5O2S/c1-16(22(32)27-19-11-7-10-18(26)14-19)34-25-29-28-24-30(15-17-8-3-2-4-9-17)23(33)20-12-5-6-13-21(20)31(24)25/h2-14,16H,15H2,1H3,(H,27,32). The van der Waals surface area contributed by atoms with Gasteiger partial charge in [0.2, 0.25) is 11.7 Å². The van der Waals surface area contributed by atoms with E-state index in [0.717, 1.165) is 5.56 Å². The number of fused-ring (bicyclic) bond motifs is 3. The predicted molar refractivity (Wildman–Crippen MR) is 131 cm³/mol. The van der Waals surface area contributed by atoms with Crippen LogP contribution >= 0.6 is 11.8 Å². The van der Waals surface area contributed by atoms with Crippen LogP contribution in [0.3, 0.4) is 0 Å². The number of thioether (sulfide) groups is 1. The Bertz CT molecular complexity index is 1560. The fourth-order valence-corrected chi connectivity index (χ4v) is 4.60. The Labute approximate surface area is 198 Å². The van der Waals surface area contributed by atoms with Crippen LogP contribution in [0.2, 0.25) is 0 Å². The maximum atomic E-state index is 13.5. The zero-order chi connectivity index (χ0) is 23.7. The lowest BCUT2D eigenvalue weighted by Gasteiger charge is -2.13. The van der Waals surface area contributed by atoms with Crippen molar-refractivity contribution in [2.75, 3.05) is 5.32 Å². The molecule has 2 aromatic heterocycles. The molecule has 1 N–H and O–H groups in total. The number of carbonyl (C=O) groups excluding carboxylic acids is 1.